The van der Waals surface area contributed by atoms with E-state index in [4.69, 9.17) is 4.74 Å². The molecule has 3 nitrogen and oxygen atoms in total. The number of carbonyl (C=O) groups excluding carboxylic acids is 1. The molecule has 18 heavy (non-hydrogen) atoms. The minimum Gasteiger partial charge on any atom is -0.508 e. The van der Waals surface area contributed by atoms with Gasteiger partial charge in [0.1, 0.15) is 11.5 Å². The number of fused-ring (bicyclic) bond motifs is 1. The molecule has 3 heteroatoms. The number of phenolic OH excluding ortho intramolecular Hbond substituents is 1. The van der Waals surface area contributed by atoms with Crippen molar-refractivity contribution in [1.29, 1.82) is 0 Å². The molecule has 3 rings (SSSR count). The summed E-state index contributed by atoms with van der Waals surface area (Å²) < 4.78 is 5.72. The number of benzene rings is 1. The van der Waals surface area contributed by atoms with Crippen LogP contribution in [0.5, 0.6) is 11.5 Å². The zero-order valence-corrected chi connectivity index (χ0v) is 10.1. The molecule has 1 aliphatic carbocycles. The Kier molecular flexibility index (Phi) is 2.82. The van der Waals surface area contributed by atoms with Gasteiger partial charge in [-0.15, -0.1) is 0 Å². The lowest BCUT2D eigenvalue weighted by atomic mass is 9.80. The first-order valence-corrected chi connectivity index (χ1v) is 6.38. The molecule has 94 valence electrons. The van der Waals surface area contributed by atoms with Crippen LogP contribution in [0.15, 0.2) is 30.4 Å². The van der Waals surface area contributed by atoms with Gasteiger partial charge in [0.05, 0.1) is 6.61 Å². The molecule has 2 atom stereocenters. The minimum atomic E-state index is 0.230. The minimum absolute atomic E-state index is 0.230. The molecule has 1 aromatic rings. The number of ketones is 1. The van der Waals surface area contributed by atoms with E-state index in [2.05, 4.69) is 0 Å². The van der Waals surface area contributed by atoms with Crippen molar-refractivity contribution in [2.75, 3.05) is 6.61 Å². The molecule has 0 amide bonds. The van der Waals surface area contributed by atoms with E-state index < -0.39 is 0 Å². The lowest BCUT2D eigenvalue weighted by Gasteiger charge is -2.31. The number of carbonyl (C=O) groups is 1. The lowest BCUT2D eigenvalue weighted by molar-refractivity contribution is -0.115. The SMILES string of the molecule is O=C1C=CC(C2COc3cc(O)ccc3C2)CC1. The molecular formula is C15H16O3. The van der Waals surface area contributed by atoms with Crippen molar-refractivity contribution in [3.05, 3.63) is 35.9 Å². The van der Waals surface area contributed by atoms with E-state index in [1.54, 1.807) is 18.2 Å². The van der Waals surface area contributed by atoms with Crippen LogP contribution in [0.2, 0.25) is 0 Å². The Morgan fingerprint density at radius 1 is 1.33 bits per heavy atom. The highest BCUT2D eigenvalue weighted by molar-refractivity contribution is 5.90. The Bertz CT molecular complexity index is 504. The fraction of sp³-hybridized carbons (Fsp3) is 0.400. The van der Waals surface area contributed by atoms with Crippen molar-refractivity contribution in [3.8, 4) is 11.5 Å². The predicted octanol–water partition coefficient (Wildman–Crippen LogP) is 2.48. The Morgan fingerprint density at radius 2 is 2.22 bits per heavy atom. The van der Waals surface area contributed by atoms with Crippen LogP contribution in [0, 0.1) is 11.8 Å². The van der Waals surface area contributed by atoms with E-state index in [9.17, 15) is 9.90 Å². The summed E-state index contributed by atoms with van der Waals surface area (Å²) >= 11 is 0. The molecule has 0 spiro atoms. The Morgan fingerprint density at radius 3 is 3.00 bits per heavy atom. The summed E-state index contributed by atoms with van der Waals surface area (Å²) in [5, 5.41) is 9.40. The van der Waals surface area contributed by atoms with Crippen LogP contribution in [-0.2, 0) is 11.2 Å². The monoisotopic (exact) mass is 244 g/mol. The van der Waals surface area contributed by atoms with Gasteiger partial charge in [0.15, 0.2) is 5.78 Å². The zero-order valence-electron chi connectivity index (χ0n) is 10.1. The molecule has 1 N–H and O–H groups in total. The number of phenols is 1. The molecule has 1 heterocycles. The molecule has 1 aliphatic heterocycles. The van der Waals surface area contributed by atoms with Crippen LogP contribution in [0.1, 0.15) is 18.4 Å². The quantitative estimate of drug-likeness (QED) is 0.825. The number of aromatic hydroxyl groups is 1. The molecule has 0 aromatic heterocycles. The molecule has 0 saturated carbocycles. The first-order valence-electron chi connectivity index (χ1n) is 6.38. The molecular weight excluding hydrogens is 228 g/mol. The van der Waals surface area contributed by atoms with Gasteiger partial charge in [0, 0.05) is 18.4 Å². The summed E-state index contributed by atoms with van der Waals surface area (Å²) in [5.74, 6) is 2.14. The fourth-order valence-corrected chi connectivity index (χ4v) is 2.77. The van der Waals surface area contributed by atoms with Crippen LogP contribution < -0.4 is 4.74 Å². The number of hydrogen-bond acceptors (Lipinski definition) is 3. The highest BCUT2D eigenvalue weighted by Crippen LogP contribution is 2.35. The fourth-order valence-electron chi connectivity index (χ4n) is 2.77. The third-order valence-corrected chi connectivity index (χ3v) is 3.84. The molecule has 2 unspecified atom stereocenters. The zero-order chi connectivity index (χ0) is 12.5. The number of rotatable bonds is 1. The van der Waals surface area contributed by atoms with Crippen molar-refractivity contribution >= 4 is 5.78 Å². The summed E-state index contributed by atoms with van der Waals surface area (Å²) in [5.41, 5.74) is 1.15. The van der Waals surface area contributed by atoms with Crippen molar-refractivity contribution in [1.82, 2.24) is 0 Å². The standard InChI is InChI=1S/C15H16O3/c16-13-4-1-10(2-5-13)12-7-11-3-6-14(17)8-15(11)18-9-12/h1,3-4,6,8,10,12,17H,2,5,7,9H2. The van der Waals surface area contributed by atoms with Gasteiger partial charge in [-0.1, -0.05) is 12.1 Å². The first-order chi connectivity index (χ1) is 8.72. The highest BCUT2D eigenvalue weighted by atomic mass is 16.5. The first kappa shape index (κ1) is 11.3. The maximum Gasteiger partial charge on any atom is 0.155 e. The second kappa shape index (κ2) is 4.48. The van der Waals surface area contributed by atoms with Gasteiger partial charge < -0.3 is 9.84 Å². The van der Waals surface area contributed by atoms with E-state index in [0.29, 0.717) is 24.9 Å². The number of allylic oxidation sites excluding steroid dienone is 2. The Hall–Kier alpha value is -1.77. The topological polar surface area (TPSA) is 46.5 Å². The summed E-state index contributed by atoms with van der Waals surface area (Å²) in [6, 6.07) is 5.30. The van der Waals surface area contributed by atoms with Crippen molar-refractivity contribution in [2.24, 2.45) is 11.8 Å². The second-order valence-corrected chi connectivity index (χ2v) is 5.10. The molecule has 0 saturated heterocycles. The normalized spacial score (nSPS) is 26.6. The molecule has 1 aromatic carbocycles. The molecule has 0 bridgehead atoms. The van der Waals surface area contributed by atoms with E-state index in [1.165, 1.54) is 0 Å². The third kappa shape index (κ3) is 2.13. The van der Waals surface area contributed by atoms with Gasteiger partial charge in [-0.2, -0.15) is 0 Å². The van der Waals surface area contributed by atoms with E-state index >= 15 is 0 Å². The van der Waals surface area contributed by atoms with Gasteiger partial charge in [0.2, 0.25) is 0 Å². The summed E-state index contributed by atoms with van der Waals surface area (Å²) in [6.07, 6.45) is 6.28. The maximum absolute atomic E-state index is 11.2. The van der Waals surface area contributed by atoms with E-state index in [1.807, 2.05) is 12.1 Å². The van der Waals surface area contributed by atoms with Crippen molar-refractivity contribution in [2.45, 2.75) is 19.3 Å². The van der Waals surface area contributed by atoms with E-state index in [0.717, 1.165) is 24.2 Å². The second-order valence-electron chi connectivity index (χ2n) is 5.10. The predicted molar refractivity (Wildman–Crippen MR) is 67.7 cm³/mol. The van der Waals surface area contributed by atoms with Crippen LogP contribution >= 0.6 is 0 Å². The highest BCUT2D eigenvalue weighted by Gasteiger charge is 2.28. The van der Waals surface area contributed by atoms with Crippen molar-refractivity contribution < 1.29 is 14.6 Å². The summed E-state index contributed by atoms with van der Waals surface area (Å²) in [6.45, 7) is 0.666. The van der Waals surface area contributed by atoms with Crippen LogP contribution in [0.25, 0.3) is 0 Å². The maximum atomic E-state index is 11.2. The summed E-state index contributed by atoms with van der Waals surface area (Å²) in [7, 11) is 0. The largest absolute Gasteiger partial charge is 0.508 e. The van der Waals surface area contributed by atoms with Crippen LogP contribution in [0.3, 0.4) is 0 Å². The summed E-state index contributed by atoms with van der Waals surface area (Å²) in [4.78, 5) is 11.2. The van der Waals surface area contributed by atoms with Gasteiger partial charge >= 0.3 is 0 Å². The van der Waals surface area contributed by atoms with Gasteiger partial charge in [-0.25, -0.2) is 0 Å². The molecule has 0 fully saturated rings. The average Bonchev–Trinajstić information content (AvgIpc) is 2.39. The van der Waals surface area contributed by atoms with Gasteiger partial charge in [-0.05, 0) is 36.5 Å². The van der Waals surface area contributed by atoms with Gasteiger partial charge in [-0.3, -0.25) is 4.79 Å². The van der Waals surface area contributed by atoms with Crippen molar-refractivity contribution in [3.63, 3.8) is 0 Å². The molecule has 2 aliphatic rings. The average molecular weight is 244 g/mol. The molecule has 0 radical (unpaired) electrons. The van der Waals surface area contributed by atoms with E-state index in [-0.39, 0.29) is 11.5 Å². The van der Waals surface area contributed by atoms with Crippen LogP contribution in [-0.4, -0.2) is 17.5 Å². The Balaban J connectivity index is 1.77. The lowest BCUT2D eigenvalue weighted by Crippen LogP contribution is -2.28. The third-order valence-electron chi connectivity index (χ3n) is 3.84. The van der Waals surface area contributed by atoms with Gasteiger partial charge in [0.25, 0.3) is 0 Å². The Labute approximate surface area is 106 Å². The smallest absolute Gasteiger partial charge is 0.155 e. The van der Waals surface area contributed by atoms with Crippen LogP contribution in [0.4, 0.5) is 0 Å². The number of hydrogen-bond donors (Lipinski definition) is 1. The number of ether oxygens (including phenoxy) is 1.